The van der Waals surface area contributed by atoms with Crippen molar-refractivity contribution < 1.29 is 23.1 Å². The van der Waals surface area contributed by atoms with Gasteiger partial charge in [-0.1, -0.05) is 24.3 Å². The fourth-order valence-electron chi connectivity index (χ4n) is 4.30. The molecule has 0 saturated carbocycles. The maximum atomic E-state index is 14.7. The third kappa shape index (κ3) is 5.97. The van der Waals surface area contributed by atoms with E-state index in [-0.39, 0.29) is 36.5 Å². The normalized spacial score (nSPS) is 15.9. The highest BCUT2D eigenvalue weighted by Crippen LogP contribution is 2.29. The van der Waals surface area contributed by atoms with Gasteiger partial charge in [-0.05, 0) is 54.6 Å². The van der Waals surface area contributed by atoms with Crippen LogP contribution in [0.1, 0.15) is 35.1 Å². The van der Waals surface area contributed by atoms with Crippen LogP contribution in [0.15, 0.2) is 58.3 Å². The van der Waals surface area contributed by atoms with Gasteiger partial charge >= 0.3 is 0 Å². The number of furan rings is 1. The Balaban J connectivity index is 1.42. The molecule has 0 aliphatic carbocycles. The minimum Gasteiger partial charge on any atom is -0.458 e. The summed E-state index contributed by atoms with van der Waals surface area (Å²) in [5, 5.41) is 17.0. The molecule has 5 rings (SSSR count). The minimum absolute atomic E-state index is 0.0679. The summed E-state index contributed by atoms with van der Waals surface area (Å²) >= 11 is 1.35. The van der Waals surface area contributed by atoms with E-state index in [1.807, 2.05) is 11.4 Å². The molecule has 4 heterocycles. The first-order valence-electron chi connectivity index (χ1n) is 12.3. The molecule has 1 N–H and O–H groups in total. The molecule has 1 saturated heterocycles. The van der Waals surface area contributed by atoms with Gasteiger partial charge in [0.2, 0.25) is 17.6 Å². The largest absolute Gasteiger partial charge is 0.458 e. The van der Waals surface area contributed by atoms with E-state index in [1.54, 1.807) is 43.3 Å². The van der Waals surface area contributed by atoms with Crippen LogP contribution in [-0.2, 0) is 27.4 Å². The van der Waals surface area contributed by atoms with Gasteiger partial charge in [-0.2, -0.15) is 4.80 Å². The number of aryl methyl sites for hydroxylation is 1. The molecule has 0 bridgehead atoms. The summed E-state index contributed by atoms with van der Waals surface area (Å²) in [6, 6.07) is 12.3. The number of carbonyl (C=O) groups excluding carboxylic acids is 2. The van der Waals surface area contributed by atoms with Gasteiger partial charge in [0.05, 0.1) is 6.10 Å². The highest BCUT2D eigenvalue weighted by atomic mass is 32.1. The van der Waals surface area contributed by atoms with Gasteiger partial charge in [0.15, 0.2) is 5.76 Å². The molecule has 12 heteroatoms. The first kappa shape index (κ1) is 25.7. The number of benzene rings is 1. The first-order valence-corrected chi connectivity index (χ1v) is 13.2. The summed E-state index contributed by atoms with van der Waals surface area (Å²) in [5.41, 5.74) is 0.285. The molecule has 1 aromatic carbocycles. The minimum atomic E-state index is -0.987. The smallest absolute Gasteiger partial charge is 0.248 e. The number of rotatable bonds is 10. The van der Waals surface area contributed by atoms with E-state index < -0.39 is 17.8 Å². The van der Waals surface area contributed by atoms with Gasteiger partial charge in [0.25, 0.3) is 0 Å². The molecule has 3 aromatic heterocycles. The average Bonchev–Trinajstić information content (AvgIpc) is 3.72. The van der Waals surface area contributed by atoms with E-state index in [2.05, 4.69) is 20.7 Å². The van der Waals surface area contributed by atoms with Gasteiger partial charge in [-0.15, -0.1) is 21.5 Å². The molecule has 0 radical (unpaired) electrons. The fraction of sp³-hybridized carbons (Fsp3) is 0.346. The van der Waals surface area contributed by atoms with Crippen molar-refractivity contribution in [2.75, 3.05) is 13.2 Å². The lowest BCUT2D eigenvalue weighted by Crippen LogP contribution is -2.46. The lowest BCUT2D eigenvalue weighted by molar-refractivity contribution is -0.142. The molecule has 1 aliphatic rings. The molecule has 198 valence electrons. The van der Waals surface area contributed by atoms with E-state index >= 15 is 0 Å². The quantitative estimate of drug-likeness (QED) is 0.329. The van der Waals surface area contributed by atoms with Crippen molar-refractivity contribution in [1.82, 2.24) is 30.4 Å². The summed E-state index contributed by atoms with van der Waals surface area (Å²) in [4.78, 5) is 30.4. The van der Waals surface area contributed by atoms with Crippen molar-refractivity contribution >= 4 is 23.2 Å². The van der Waals surface area contributed by atoms with Crippen molar-refractivity contribution in [2.45, 2.75) is 45.0 Å². The molecule has 1 aliphatic heterocycles. The number of ether oxygens (including phenoxy) is 1. The van der Waals surface area contributed by atoms with Crippen molar-refractivity contribution in [3.63, 3.8) is 0 Å². The number of hydrogen-bond acceptors (Lipinski definition) is 8. The van der Waals surface area contributed by atoms with Crippen LogP contribution in [0, 0.1) is 12.7 Å². The summed E-state index contributed by atoms with van der Waals surface area (Å²) < 4.78 is 25.9. The number of hydrogen-bond donors (Lipinski definition) is 1. The molecule has 2 atom stereocenters. The van der Waals surface area contributed by atoms with Crippen LogP contribution >= 0.6 is 11.3 Å². The van der Waals surface area contributed by atoms with E-state index in [9.17, 15) is 14.0 Å². The van der Waals surface area contributed by atoms with Crippen LogP contribution in [0.2, 0.25) is 0 Å². The number of thiophene rings is 1. The summed E-state index contributed by atoms with van der Waals surface area (Å²) in [6.07, 6.45) is 1.73. The molecule has 4 aromatic rings. The summed E-state index contributed by atoms with van der Waals surface area (Å²) in [7, 11) is 0. The van der Waals surface area contributed by atoms with Gasteiger partial charge < -0.3 is 19.4 Å². The van der Waals surface area contributed by atoms with E-state index in [4.69, 9.17) is 9.15 Å². The summed E-state index contributed by atoms with van der Waals surface area (Å²) in [5.74, 6) is 0.0372. The van der Waals surface area contributed by atoms with Crippen LogP contribution in [0.4, 0.5) is 4.39 Å². The zero-order valence-corrected chi connectivity index (χ0v) is 21.6. The molecule has 10 nitrogen and oxygen atoms in total. The van der Waals surface area contributed by atoms with Crippen molar-refractivity contribution in [3.05, 3.63) is 75.9 Å². The van der Waals surface area contributed by atoms with E-state index in [0.29, 0.717) is 29.5 Å². The van der Waals surface area contributed by atoms with Crippen molar-refractivity contribution in [3.8, 4) is 11.6 Å². The van der Waals surface area contributed by atoms with Gasteiger partial charge in [0, 0.05) is 30.1 Å². The number of halogens is 1. The number of nitrogens with one attached hydrogen (secondary N) is 1. The van der Waals surface area contributed by atoms with Gasteiger partial charge in [-0.25, -0.2) is 4.39 Å². The van der Waals surface area contributed by atoms with E-state index in [0.717, 1.165) is 17.6 Å². The molecule has 0 spiro atoms. The molecular weight excluding hydrogens is 511 g/mol. The zero-order valence-electron chi connectivity index (χ0n) is 20.7. The predicted molar refractivity (Wildman–Crippen MR) is 136 cm³/mol. The fourth-order valence-corrected chi connectivity index (χ4v) is 5.13. The Morgan fingerprint density at radius 1 is 1.24 bits per heavy atom. The standard InChI is InChI=1S/C26H27FN6O4S/c1-17-10-11-21(37-17)25-29-31-33(30-25)16-23(34)32(15-18-6-2-3-8-20(18)27)24(22-9-5-13-38-22)26(35)28-14-19-7-4-12-36-19/h2-3,5-6,8-11,13,19,24H,4,7,12,14-16H2,1H3,(H,28,35)/t19-,24-/m1/s1. The van der Waals surface area contributed by atoms with Crippen LogP contribution in [0.3, 0.4) is 0 Å². The lowest BCUT2D eigenvalue weighted by atomic mass is 10.1. The van der Waals surface area contributed by atoms with Crippen LogP contribution in [0.5, 0.6) is 0 Å². The van der Waals surface area contributed by atoms with Crippen LogP contribution in [0.25, 0.3) is 11.6 Å². The van der Waals surface area contributed by atoms with Gasteiger partial charge in [0.1, 0.15) is 24.2 Å². The Labute approximate surface area is 222 Å². The third-order valence-corrected chi connectivity index (χ3v) is 7.13. The van der Waals surface area contributed by atoms with Crippen LogP contribution in [-0.4, -0.2) is 56.2 Å². The Morgan fingerprint density at radius 2 is 2.11 bits per heavy atom. The monoisotopic (exact) mass is 538 g/mol. The maximum absolute atomic E-state index is 14.7. The Kier molecular flexibility index (Phi) is 7.89. The van der Waals surface area contributed by atoms with E-state index in [1.165, 1.54) is 22.3 Å². The summed E-state index contributed by atoms with van der Waals surface area (Å²) in [6.45, 7) is 2.37. The Bertz CT molecular complexity index is 1380. The molecule has 38 heavy (non-hydrogen) atoms. The highest BCUT2D eigenvalue weighted by Gasteiger charge is 2.34. The SMILES string of the molecule is Cc1ccc(-c2nnn(CC(=O)N(Cc3ccccc3F)[C@@H](C(=O)NC[C@H]3CCCO3)c3cccs3)n2)o1. The Hall–Kier alpha value is -3.90. The Morgan fingerprint density at radius 3 is 2.82 bits per heavy atom. The predicted octanol–water partition coefficient (Wildman–Crippen LogP) is 3.51. The first-order chi connectivity index (χ1) is 18.5. The topological polar surface area (TPSA) is 115 Å². The third-order valence-electron chi connectivity index (χ3n) is 6.21. The number of carbonyl (C=O) groups is 2. The maximum Gasteiger partial charge on any atom is 0.248 e. The zero-order chi connectivity index (χ0) is 26.5. The van der Waals surface area contributed by atoms with Crippen molar-refractivity contribution in [1.29, 1.82) is 0 Å². The lowest BCUT2D eigenvalue weighted by Gasteiger charge is -2.31. The number of tetrazole rings is 1. The number of nitrogens with zero attached hydrogens (tertiary/aromatic N) is 5. The van der Waals surface area contributed by atoms with Crippen LogP contribution < -0.4 is 5.32 Å². The molecule has 0 unspecified atom stereocenters. The number of amides is 2. The molecule has 1 fully saturated rings. The van der Waals surface area contributed by atoms with Crippen molar-refractivity contribution in [2.24, 2.45) is 0 Å². The second-order valence-electron chi connectivity index (χ2n) is 8.96. The second-order valence-corrected chi connectivity index (χ2v) is 9.94. The highest BCUT2D eigenvalue weighted by molar-refractivity contribution is 7.10. The average molecular weight is 539 g/mol. The number of aromatic nitrogens is 4. The second kappa shape index (κ2) is 11.7. The molecule has 2 amide bonds. The molecular formula is C26H27FN6O4S. The van der Waals surface area contributed by atoms with Gasteiger partial charge in [-0.3, -0.25) is 9.59 Å².